The normalized spacial score (nSPS) is 11.2. The van der Waals surface area contributed by atoms with Crippen molar-refractivity contribution >= 4 is 11.8 Å². The number of hydrogen-bond acceptors (Lipinski definition) is 5. The van der Waals surface area contributed by atoms with Crippen LogP contribution in [0.4, 0.5) is 14.9 Å². The monoisotopic (exact) mass is 375 g/mol. The molecule has 144 valence electrons. The van der Waals surface area contributed by atoms with Gasteiger partial charge in [-0.05, 0) is 69.9 Å². The Hall–Kier alpha value is -3.03. The Kier molecular flexibility index (Phi) is 5.78. The third-order valence-corrected chi connectivity index (χ3v) is 3.91. The van der Waals surface area contributed by atoms with Crippen LogP contribution in [0.15, 0.2) is 24.4 Å². The second kappa shape index (κ2) is 7.69. The Morgan fingerprint density at radius 3 is 2.52 bits per heavy atom. The van der Waals surface area contributed by atoms with Crippen LogP contribution in [0.3, 0.4) is 0 Å². The fraction of sp³-hybridized carbons (Fsp3) is 0.368. The number of nitrogens with zero attached hydrogens (tertiary/aromatic N) is 2. The third-order valence-electron chi connectivity index (χ3n) is 3.91. The van der Waals surface area contributed by atoms with Crippen molar-refractivity contribution in [3.05, 3.63) is 62.6 Å². The smallest absolute Gasteiger partial charge is 0.384 e. The van der Waals surface area contributed by atoms with Crippen molar-refractivity contribution < 1.29 is 18.8 Å². The van der Waals surface area contributed by atoms with E-state index in [2.05, 4.69) is 10.3 Å². The van der Waals surface area contributed by atoms with Gasteiger partial charge in [-0.15, -0.1) is 0 Å². The van der Waals surface area contributed by atoms with E-state index in [0.717, 1.165) is 11.1 Å². The van der Waals surface area contributed by atoms with E-state index in [1.54, 1.807) is 40.7 Å². The minimum atomic E-state index is -0.820. The highest BCUT2D eigenvalue weighted by atomic mass is 19.1. The molecule has 0 saturated heterocycles. The Morgan fingerprint density at radius 1 is 1.30 bits per heavy atom. The highest BCUT2D eigenvalue weighted by Gasteiger charge is 2.26. The van der Waals surface area contributed by atoms with Gasteiger partial charge in [0.2, 0.25) is 0 Å². The number of nitro groups is 1. The first kappa shape index (κ1) is 20.3. The molecule has 8 heteroatoms. The molecular weight excluding hydrogens is 353 g/mol. The Bertz CT molecular complexity index is 891. The van der Waals surface area contributed by atoms with Crippen LogP contribution in [0, 0.1) is 29.8 Å². The Labute approximate surface area is 156 Å². The van der Waals surface area contributed by atoms with Gasteiger partial charge in [0.15, 0.2) is 0 Å². The lowest BCUT2D eigenvalue weighted by Gasteiger charge is -2.19. The van der Waals surface area contributed by atoms with Gasteiger partial charge in [0, 0.05) is 17.3 Å². The lowest BCUT2D eigenvalue weighted by molar-refractivity contribution is -0.386. The van der Waals surface area contributed by atoms with Crippen molar-refractivity contribution in [1.82, 2.24) is 10.3 Å². The molecule has 2 rings (SSSR count). The second-order valence-corrected chi connectivity index (χ2v) is 7.33. The van der Waals surface area contributed by atoms with Gasteiger partial charge in [-0.3, -0.25) is 10.1 Å². The fourth-order valence-electron chi connectivity index (χ4n) is 2.56. The molecule has 0 radical (unpaired) electrons. The summed E-state index contributed by atoms with van der Waals surface area (Å²) in [6, 6.07) is 4.38. The zero-order valence-corrected chi connectivity index (χ0v) is 15.9. The summed E-state index contributed by atoms with van der Waals surface area (Å²) < 4.78 is 18.3. The molecule has 0 fully saturated rings. The maximum Gasteiger partial charge on any atom is 0.414 e. The predicted molar refractivity (Wildman–Crippen MR) is 98.5 cm³/mol. The molecule has 0 aliphatic heterocycles. The van der Waals surface area contributed by atoms with Gasteiger partial charge >= 0.3 is 17.7 Å². The third kappa shape index (κ3) is 5.22. The minimum absolute atomic E-state index is 0.342. The van der Waals surface area contributed by atoms with E-state index in [-0.39, 0.29) is 17.4 Å². The highest BCUT2D eigenvalue weighted by molar-refractivity contribution is 5.72. The summed E-state index contributed by atoms with van der Waals surface area (Å²) >= 11 is 0. The van der Waals surface area contributed by atoms with Gasteiger partial charge in [0.25, 0.3) is 0 Å². The molecule has 1 N–H and O–H groups in total. The summed E-state index contributed by atoms with van der Waals surface area (Å²) in [5, 5.41) is 14.1. The van der Waals surface area contributed by atoms with Crippen LogP contribution in [0.2, 0.25) is 0 Å². The molecule has 2 aromatic rings. The number of nitrogens with one attached hydrogen (secondary N) is 1. The lowest BCUT2D eigenvalue weighted by atomic mass is 9.98. The molecule has 0 aliphatic rings. The zero-order chi connectivity index (χ0) is 20.4. The number of halogens is 1. The van der Waals surface area contributed by atoms with Crippen molar-refractivity contribution in [2.24, 2.45) is 0 Å². The summed E-state index contributed by atoms with van der Waals surface area (Å²) in [4.78, 5) is 26.8. The SMILES string of the molecule is Cc1cc(F)ccc1Cc1cnc(OC(=O)NC(C)(C)C)c([N+](=O)[O-])c1C. The minimum Gasteiger partial charge on any atom is -0.384 e. The number of ether oxygens (including phenoxy) is 1. The van der Waals surface area contributed by atoms with E-state index in [1.165, 1.54) is 18.3 Å². The standard InChI is InChI=1S/C19H22FN3O4/c1-11-8-15(20)7-6-13(11)9-14-10-21-17(16(12(14)2)23(25)26)27-18(24)22-19(3,4)5/h6-8,10H,9H2,1-5H3,(H,22,24). The maximum atomic E-state index is 13.3. The molecule has 0 aliphatic carbocycles. The second-order valence-electron chi connectivity index (χ2n) is 7.33. The van der Waals surface area contributed by atoms with Gasteiger partial charge < -0.3 is 10.1 Å². The summed E-state index contributed by atoms with van der Waals surface area (Å²) in [6.07, 6.45) is 0.963. The number of rotatable bonds is 4. The number of pyridine rings is 1. The summed E-state index contributed by atoms with van der Waals surface area (Å²) in [5.74, 6) is -0.704. The van der Waals surface area contributed by atoms with E-state index in [1.807, 2.05) is 0 Å². The maximum absolute atomic E-state index is 13.3. The zero-order valence-electron chi connectivity index (χ0n) is 15.9. The molecule has 0 atom stereocenters. The Morgan fingerprint density at radius 2 is 1.96 bits per heavy atom. The number of aromatic nitrogens is 1. The first-order valence-corrected chi connectivity index (χ1v) is 8.36. The lowest BCUT2D eigenvalue weighted by Crippen LogP contribution is -2.42. The number of aryl methyl sites for hydroxylation is 1. The molecule has 7 nitrogen and oxygen atoms in total. The highest BCUT2D eigenvalue weighted by Crippen LogP contribution is 2.32. The number of carbonyl (C=O) groups is 1. The van der Waals surface area contributed by atoms with Crippen LogP contribution in [-0.2, 0) is 6.42 Å². The van der Waals surface area contributed by atoms with Crippen molar-refractivity contribution in [3.63, 3.8) is 0 Å². The van der Waals surface area contributed by atoms with Gasteiger partial charge in [0.05, 0.1) is 4.92 Å². The summed E-state index contributed by atoms with van der Waals surface area (Å²) in [6.45, 7) is 8.62. The van der Waals surface area contributed by atoms with Crippen molar-refractivity contribution in [2.45, 2.75) is 46.6 Å². The largest absolute Gasteiger partial charge is 0.414 e. The average Bonchev–Trinajstić information content (AvgIpc) is 2.50. The van der Waals surface area contributed by atoms with Crippen LogP contribution in [0.5, 0.6) is 5.88 Å². The quantitative estimate of drug-likeness (QED) is 0.638. The number of hydrogen-bond donors (Lipinski definition) is 1. The predicted octanol–water partition coefficient (Wildman–Crippen LogP) is 4.22. The van der Waals surface area contributed by atoms with E-state index in [0.29, 0.717) is 17.5 Å². The molecule has 0 bridgehead atoms. The average molecular weight is 375 g/mol. The molecule has 0 spiro atoms. The molecule has 1 amide bonds. The fourth-order valence-corrected chi connectivity index (χ4v) is 2.56. The van der Waals surface area contributed by atoms with Crippen LogP contribution < -0.4 is 10.1 Å². The van der Waals surface area contributed by atoms with E-state index < -0.39 is 16.6 Å². The van der Waals surface area contributed by atoms with Crippen LogP contribution >= 0.6 is 0 Å². The Balaban J connectivity index is 2.36. The first-order valence-electron chi connectivity index (χ1n) is 8.36. The van der Waals surface area contributed by atoms with E-state index in [9.17, 15) is 19.3 Å². The molecule has 0 unspecified atom stereocenters. The van der Waals surface area contributed by atoms with Gasteiger partial charge in [-0.1, -0.05) is 6.07 Å². The number of benzene rings is 1. The van der Waals surface area contributed by atoms with Crippen molar-refractivity contribution in [2.75, 3.05) is 0 Å². The molecule has 1 aromatic carbocycles. The van der Waals surface area contributed by atoms with E-state index in [4.69, 9.17) is 4.74 Å². The van der Waals surface area contributed by atoms with Crippen LogP contribution in [0.25, 0.3) is 0 Å². The van der Waals surface area contributed by atoms with Crippen LogP contribution in [-0.4, -0.2) is 21.5 Å². The molecule has 1 heterocycles. The van der Waals surface area contributed by atoms with Crippen molar-refractivity contribution in [3.8, 4) is 5.88 Å². The molecule has 27 heavy (non-hydrogen) atoms. The van der Waals surface area contributed by atoms with Gasteiger partial charge in [0.1, 0.15) is 5.82 Å². The number of carbonyl (C=O) groups excluding carboxylic acids is 1. The van der Waals surface area contributed by atoms with E-state index >= 15 is 0 Å². The molecule has 1 aromatic heterocycles. The van der Waals surface area contributed by atoms with Gasteiger partial charge in [-0.25, -0.2) is 14.2 Å². The number of amides is 1. The van der Waals surface area contributed by atoms with Gasteiger partial charge in [-0.2, -0.15) is 0 Å². The topological polar surface area (TPSA) is 94.4 Å². The molecule has 0 saturated carbocycles. The van der Waals surface area contributed by atoms with Crippen molar-refractivity contribution in [1.29, 1.82) is 0 Å². The summed E-state index contributed by atoms with van der Waals surface area (Å²) in [5.41, 5.74) is 1.59. The molecular formula is C19H22FN3O4. The first-order chi connectivity index (χ1) is 12.5. The van der Waals surface area contributed by atoms with Crippen LogP contribution in [0.1, 0.15) is 43.0 Å². The summed E-state index contributed by atoms with van der Waals surface area (Å²) in [7, 11) is 0.